The molecule has 178 valence electrons. The summed E-state index contributed by atoms with van der Waals surface area (Å²) in [6, 6.07) is 20.1. The second-order valence-electron chi connectivity index (χ2n) is 8.58. The second kappa shape index (κ2) is 13.4. The lowest BCUT2D eigenvalue weighted by Crippen LogP contribution is -2.47. The van der Waals surface area contributed by atoms with Crippen molar-refractivity contribution < 1.29 is 23.7 Å². The van der Waals surface area contributed by atoms with Gasteiger partial charge in [-0.3, -0.25) is 0 Å². The van der Waals surface area contributed by atoms with Crippen LogP contribution >= 0.6 is 0 Å². The second-order valence-corrected chi connectivity index (χ2v) is 8.58. The molecule has 0 aromatic heterocycles. The van der Waals surface area contributed by atoms with E-state index in [0.717, 1.165) is 16.7 Å². The molecule has 5 nitrogen and oxygen atoms in total. The monoisotopic (exact) mass is 452 g/mol. The quantitative estimate of drug-likeness (QED) is 0.296. The molecule has 1 aliphatic heterocycles. The lowest BCUT2D eigenvalue weighted by atomic mass is 9.90. The van der Waals surface area contributed by atoms with E-state index in [1.165, 1.54) is 0 Å². The van der Waals surface area contributed by atoms with Crippen molar-refractivity contribution in [3.05, 3.63) is 96.6 Å². The lowest BCUT2D eigenvalue weighted by molar-refractivity contribution is -0.267. The Bertz CT molecular complexity index is 838. The predicted molar refractivity (Wildman–Crippen MR) is 129 cm³/mol. The van der Waals surface area contributed by atoms with Crippen LogP contribution in [0.4, 0.5) is 0 Å². The molecule has 2 aromatic rings. The van der Waals surface area contributed by atoms with Gasteiger partial charge in [0.25, 0.3) is 0 Å². The molecule has 33 heavy (non-hydrogen) atoms. The molecular weight excluding hydrogens is 416 g/mol. The molecular formula is C28H36O5. The van der Waals surface area contributed by atoms with Gasteiger partial charge >= 0.3 is 0 Å². The summed E-state index contributed by atoms with van der Waals surface area (Å²) < 4.78 is 29.9. The van der Waals surface area contributed by atoms with E-state index in [-0.39, 0.29) is 24.2 Å². The number of rotatable bonds is 13. The van der Waals surface area contributed by atoms with Crippen LogP contribution in [0.2, 0.25) is 0 Å². The molecule has 0 radical (unpaired) electrons. The Morgan fingerprint density at radius 3 is 2.27 bits per heavy atom. The Labute approximate surface area is 198 Å². The number of hydrogen-bond acceptors (Lipinski definition) is 5. The fraction of sp³-hybridized carbons (Fsp3) is 0.429. The third-order valence-electron chi connectivity index (χ3n) is 5.64. The number of hydrogen-bond donors (Lipinski definition) is 0. The van der Waals surface area contributed by atoms with E-state index in [1.54, 1.807) is 6.08 Å². The van der Waals surface area contributed by atoms with Gasteiger partial charge in [-0.15, -0.1) is 0 Å². The largest absolute Gasteiger partial charge is 0.372 e. The molecule has 1 heterocycles. The summed E-state index contributed by atoms with van der Waals surface area (Å²) in [5.74, 6) is 0.251. The van der Waals surface area contributed by atoms with E-state index in [0.29, 0.717) is 33.0 Å². The van der Waals surface area contributed by atoms with Crippen LogP contribution in [-0.4, -0.2) is 38.5 Å². The molecule has 0 bridgehead atoms. The van der Waals surface area contributed by atoms with Gasteiger partial charge < -0.3 is 23.7 Å². The van der Waals surface area contributed by atoms with E-state index >= 15 is 0 Å². The van der Waals surface area contributed by atoms with Crippen molar-refractivity contribution in [2.24, 2.45) is 11.8 Å². The fourth-order valence-corrected chi connectivity index (χ4v) is 3.82. The van der Waals surface area contributed by atoms with Crippen LogP contribution in [0, 0.1) is 11.8 Å². The zero-order chi connectivity index (χ0) is 23.5. The highest BCUT2D eigenvalue weighted by Crippen LogP contribution is 2.30. The van der Waals surface area contributed by atoms with E-state index in [9.17, 15) is 0 Å². The maximum Gasteiger partial charge on any atom is 0.177 e. The Morgan fingerprint density at radius 1 is 1.00 bits per heavy atom. The minimum Gasteiger partial charge on any atom is -0.372 e. The topological polar surface area (TPSA) is 46.2 Å². The van der Waals surface area contributed by atoms with E-state index in [2.05, 4.69) is 27.0 Å². The summed E-state index contributed by atoms with van der Waals surface area (Å²) in [5.41, 5.74) is 3.09. The average Bonchev–Trinajstić information content (AvgIpc) is 2.84. The van der Waals surface area contributed by atoms with E-state index < -0.39 is 6.29 Å². The van der Waals surface area contributed by atoms with Gasteiger partial charge in [0.1, 0.15) is 0 Å². The third kappa shape index (κ3) is 8.22. The SMILES string of the molecule is C=C[C@H](OCC(=C)COCc1ccccc1)O[C@@H]1[C@@H](C)[C@@H](OCc2ccccc2)OC[C@H]1C. The maximum absolute atomic E-state index is 6.29. The number of ether oxygens (including phenoxy) is 5. The van der Waals surface area contributed by atoms with Gasteiger partial charge in [-0.2, -0.15) is 0 Å². The molecule has 1 fully saturated rings. The minimum absolute atomic E-state index is 0.0425. The summed E-state index contributed by atoms with van der Waals surface area (Å²) in [4.78, 5) is 0. The predicted octanol–water partition coefficient (Wildman–Crippen LogP) is 5.52. The minimum atomic E-state index is -0.543. The zero-order valence-corrected chi connectivity index (χ0v) is 19.7. The van der Waals surface area contributed by atoms with Crippen LogP contribution in [0.25, 0.3) is 0 Å². The van der Waals surface area contributed by atoms with Crippen molar-refractivity contribution in [3.63, 3.8) is 0 Å². The third-order valence-corrected chi connectivity index (χ3v) is 5.64. The summed E-state index contributed by atoms with van der Waals surface area (Å²) in [7, 11) is 0. The van der Waals surface area contributed by atoms with Crippen molar-refractivity contribution in [1.82, 2.24) is 0 Å². The molecule has 0 aliphatic carbocycles. The van der Waals surface area contributed by atoms with Crippen molar-refractivity contribution in [1.29, 1.82) is 0 Å². The summed E-state index contributed by atoms with van der Waals surface area (Å²) in [6.07, 6.45) is 0.717. The van der Waals surface area contributed by atoms with Gasteiger partial charge in [-0.1, -0.05) is 87.7 Å². The molecule has 0 saturated carbocycles. The van der Waals surface area contributed by atoms with Gasteiger partial charge in [-0.05, 0) is 22.8 Å². The summed E-state index contributed by atoms with van der Waals surface area (Å²) in [6.45, 7) is 14.5. The average molecular weight is 453 g/mol. The maximum atomic E-state index is 6.29. The van der Waals surface area contributed by atoms with Gasteiger partial charge in [0.15, 0.2) is 12.6 Å². The fourth-order valence-electron chi connectivity index (χ4n) is 3.82. The Kier molecular flexibility index (Phi) is 10.3. The smallest absolute Gasteiger partial charge is 0.177 e. The van der Waals surface area contributed by atoms with Crippen molar-refractivity contribution in [2.45, 2.75) is 45.7 Å². The molecule has 5 heteroatoms. The van der Waals surface area contributed by atoms with Crippen LogP contribution in [0.5, 0.6) is 0 Å². The van der Waals surface area contributed by atoms with Gasteiger partial charge in [0.05, 0.1) is 39.1 Å². The first-order chi connectivity index (χ1) is 16.1. The lowest BCUT2D eigenvalue weighted by Gasteiger charge is -2.40. The molecule has 0 N–H and O–H groups in total. The Balaban J connectivity index is 1.43. The van der Waals surface area contributed by atoms with E-state index in [4.69, 9.17) is 23.7 Å². The Morgan fingerprint density at radius 2 is 1.64 bits per heavy atom. The van der Waals surface area contributed by atoms with E-state index in [1.807, 2.05) is 60.7 Å². The molecule has 1 aliphatic rings. The summed E-state index contributed by atoms with van der Waals surface area (Å²) in [5, 5.41) is 0. The molecule has 5 atom stereocenters. The number of benzene rings is 2. The molecule has 1 saturated heterocycles. The Hall–Kier alpha value is -2.28. The molecule has 2 aromatic carbocycles. The molecule has 0 amide bonds. The summed E-state index contributed by atoms with van der Waals surface area (Å²) >= 11 is 0. The van der Waals surface area contributed by atoms with Crippen molar-refractivity contribution in [2.75, 3.05) is 19.8 Å². The molecule has 0 unspecified atom stereocenters. The van der Waals surface area contributed by atoms with Crippen LogP contribution < -0.4 is 0 Å². The van der Waals surface area contributed by atoms with Crippen LogP contribution in [0.15, 0.2) is 85.5 Å². The first-order valence-corrected chi connectivity index (χ1v) is 11.5. The zero-order valence-electron chi connectivity index (χ0n) is 19.7. The van der Waals surface area contributed by atoms with Crippen LogP contribution in [0.3, 0.4) is 0 Å². The molecule has 0 spiro atoms. The highest BCUT2D eigenvalue weighted by Gasteiger charge is 2.38. The highest BCUT2D eigenvalue weighted by molar-refractivity contribution is 5.14. The van der Waals surface area contributed by atoms with Gasteiger partial charge in [0.2, 0.25) is 0 Å². The van der Waals surface area contributed by atoms with Gasteiger partial charge in [0, 0.05) is 11.8 Å². The highest BCUT2D eigenvalue weighted by atomic mass is 16.7. The van der Waals surface area contributed by atoms with Crippen LogP contribution in [-0.2, 0) is 36.9 Å². The first-order valence-electron chi connectivity index (χ1n) is 11.5. The van der Waals surface area contributed by atoms with Crippen molar-refractivity contribution >= 4 is 0 Å². The standard InChI is InChI=1S/C28H36O5/c1-5-26(30-17-21(2)16-29-19-24-12-8-6-9-13-24)33-27-22(3)18-31-28(23(27)4)32-20-25-14-10-7-11-15-25/h5-15,22-23,26-28H,1-2,16-20H2,3-4H3/t22-,23-,26-,27+,28-/m1/s1. The van der Waals surface area contributed by atoms with Crippen molar-refractivity contribution in [3.8, 4) is 0 Å². The molecule has 3 rings (SSSR count). The normalized spacial score (nSPS) is 23.7. The van der Waals surface area contributed by atoms with Crippen LogP contribution in [0.1, 0.15) is 25.0 Å². The van der Waals surface area contributed by atoms with Gasteiger partial charge in [-0.25, -0.2) is 0 Å². The first kappa shape index (κ1) is 25.3.